The molecule has 0 heterocycles. The number of hydrogen-bond donors (Lipinski definition) is 5. The first-order chi connectivity index (χ1) is 8.39. The number of alkyl halides is 1. The number of carbonyl (C=O) groups is 1. The summed E-state index contributed by atoms with van der Waals surface area (Å²) in [5.41, 5.74) is 0. The van der Waals surface area contributed by atoms with E-state index >= 15 is 0 Å². The Labute approximate surface area is 106 Å². The Bertz CT molecular complexity index is 395. The number of aliphatic hydroxyl groups is 2. The highest BCUT2D eigenvalue weighted by atomic mass is 31.3. The van der Waals surface area contributed by atoms with E-state index in [1.54, 1.807) is 0 Å². The van der Waals surface area contributed by atoms with E-state index in [2.05, 4.69) is 8.83 Å². The van der Waals surface area contributed by atoms with Crippen molar-refractivity contribution in [3.05, 3.63) is 0 Å². The van der Waals surface area contributed by atoms with Gasteiger partial charge in [0.15, 0.2) is 12.5 Å². The van der Waals surface area contributed by atoms with Gasteiger partial charge < -0.3 is 29.7 Å². The Morgan fingerprint density at radius 3 is 2.00 bits per heavy atom. The first kappa shape index (κ1) is 18.8. The number of carbonyl (C=O) groups excluding carboxylic acids is 1. The van der Waals surface area contributed by atoms with Crippen molar-refractivity contribution in [2.45, 2.75) is 31.4 Å². The number of hydrogen-bond acceptors (Lipinski definition) is 7. The Hall–Kier alpha value is -0.220. The zero-order valence-corrected chi connectivity index (χ0v) is 11.2. The van der Waals surface area contributed by atoms with Crippen LogP contribution in [0.4, 0.5) is 4.39 Å². The summed E-state index contributed by atoms with van der Waals surface area (Å²) in [5, 5.41) is 18.4. The highest BCUT2D eigenvalue weighted by molar-refractivity contribution is 7.60. The molecule has 0 aromatic carbocycles. The second kappa shape index (κ2) is 6.98. The van der Waals surface area contributed by atoms with Crippen molar-refractivity contribution in [1.29, 1.82) is 0 Å². The lowest BCUT2D eigenvalue weighted by atomic mass is 10.1. The third-order valence-electron chi connectivity index (χ3n) is 1.80. The van der Waals surface area contributed by atoms with Crippen molar-refractivity contribution in [1.82, 2.24) is 0 Å². The van der Waals surface area contributed by atoms with E-state index in [1.807, 2.05) is 0 Å². The summed E-state index contributed by atoms with van der Waals surface area (Å²) in [6.07, 6.45) is -8.90. The monoisotopic (exact) mass is 326 g/mol. The molecule has 19 heavy (non-hydrogen) atoms. The highest BCUT2D eigenvalue weighted by Gasteiger charge is 2.38. The Balaban J connectivity index is 4.68. The predicted molar refractivity (Wildman–Crippen MR) is 56.5 cm³/mol. The van der Waals surface area contributed by atoms with Gasteiger partial charge in [0, 0.05) is 0 Å². The maximum absolute atomic E-state index is 12.7. The lowest BCUT2D eigenvalue weighted by molar-refractivity contribution is -0.123. The molecule has 13 heteroatoms. The lowest BCUT2D eigenvalue weighted by Crippen LogP contribution is -2.43. The molecule has 5 atom stereocenters. The lowest BCUT2D eigenvalue weighted by Gasteiger charge is -2.25. The van der Waals surface area contributed by atoms with Crippen molar-refractivity contribution in [3.8, 4) is 0 Å². The molecule has 0 radical (unpaired) electrons. The van der Waals surface area contributed by atoms with Crippen LogP contribution in [0.1, 0.15) is 6.92 Å². The fraction of sp³-hybridized carbons (Fsp3) is 0.833. The van der Waals surface area contributed by atoms with Crippen LogP contribution < -0.4 is 0 Å². The fourth-order valence-corrected chi connectivity index (χ4v) is 2.75. The molecule has 0 fully saturated rings. The minimum absolute atomic E-state index is 0.314. The normalized spacial score (nSPS) is 22.1. The standard InChI is InChI=1S/C6H13FO10P2/c1-3(5(9)6(10)4(7)2-8)16-19(14,15)17-18(11,12)13/h2-6,9-10H,1H3,(H,14,15)(H2,11,12,13)/t3-,4+,5+,6-/m0/s1. The second-order valence-corrected chi connectivity index (χ2v) is 6.20. The van der Waals surface area contributed by atoms with E-state index in [-0.39, 0.29) is 6.29 Å². The minimum atomic E-state index is -5.33. The largest absolute Gasteiger partial charge is 0.481 e. The molecule has 0 aliphatic rings. The van der Waals surface area contributed by atoms with E-state index in [0.717, 1.165) is 6.92 Å². The molecule has 0 saturated carbocycles. The van der Waals surface area contributed by atoms with E-state index < -0.39 is 40.1 Å². The van der Waals surface area contributed by atoms with Crippen LogP contribution in [-0.4, -0.2) is 55.7 Å². The van der Waals surface area contributed by atoms with Crippen molar-refractivity contribution in [3.63, 3.8) is 0 Å². The first-order valence-electron chi connectivity index (χ1n) is 4.63. The Morgan fingerprint density at radius 2 is 1.63 bits per heavy atom. The van der Waals surface area contributed by atoms with Gasteiger partial charge in [0.05, 0.1) is 6.10 Å². The third-order valence-corrected chi connectivity index (χ3v) is 4.07. The van der Waals surface area contributed by atoms with Crippen LogP contribution in [0.2, 0.25) is 0 Å². The summed E-state index contributed by atoms with van der Waals surface area (Å²) in [5.74, 6) is 0. The van der Waals surface area contributed by atoms with E-state index in [1.165, 1.54) is 0 Å². The average molecular weight is 326 g/mol. The SMILES string of the molecule is C[C@H](OP(=O)(O)OP(=O)(O)O)[C@@H](O)[C@@H](O)[C@H](F)C=O. The van der Waals surface area contributed by atoms with Gasteiger partial charge in [-0.2, -0.15) is 4.31 Å². The fourth-order valence-electron chi connectivity index (χ4n) is 0.973. The molecule has 114 valence electrons. The Morgan fingerprint density at radius 1 is 1.16 bits per heavy atom. The molecule has 0 saturated heterocycles. The molecule has 0 rings (SSSR count). The molecule has 0 aliphatic heterocycles. The molecule has 0 bridgehead atoms. The van der Waals surface area contributed by atoms with Crippen LogP contribution in [0, 0.1) is 0 Å². The van der Waals surface area contributed by atoms with Crippen LogP contribution in [0.5, 0.6) is 0 Å². The molecule has 0 amide bonds. The van der Waals surface area contributed by atoms with Gasteiger partial charge in [0.25, 0.3) is 0 Å². The minimum Gasteiger partial charge on any atom is -0.388 e. The maximum Gasteiger partial charge on any atom is 0.481 e. The van der Waals surface area contributed by atoms with Gasteiger partial charge in [-0.15, -0.1) is 0 Å². The van der Waals surface area contributed by atoms with Crippen LogP contribution in [0.3, 0.4) is 0 Å². The number of phosphoric ester groups is 1. The number of aldehydes is 1. The van der Waals surface area contributed by atoms with E-state index in [0.29, 0.717) is 0 Å². The number of rotatable bonds is 8. The zero-order chi connectivity index (χ0) is 15.4. The molecule has 0 spiro atoms. The van der Waals surface area contributed by atoms with Gasteiger partial charge in [-0.25, -0.2) is 13.5 Å². The number of phosphoric acid groups is 2. The topological polar surface area (TPSA) is 171 Å². The molecule has 0 aromatic rings. The van der Waals surface area contributed by atoms with E-state index in [4.69, 9.17) is 19.8 Å². The maximum atomic E-state index is 12.7. The van der Waals surface area contributed by atoms with Crippen LogP contribution in [0.15, 0.2) is 0 Å². The average Bonchev–Trinajstić information content (AvgIpc) is 2.21. The predicted octanol–water partition coefficient (Wildman–Crippen LogP) is -1.14. The Kier molecular flexibility index (Phi) is 6.90. The van der Waals surface area contributed by atoms with Gasteiger partial charge >= 0.3 is 15.6 Å². The van der Waals surface area contributed by atoms with Crippen LogP contribution in [0.25, 0.3) is 0 Å². The molecule has 5 N–H and O–H groups in total. The van der Waals surface area contributed by atoms with Gasteiger partial charge in [0.2, 0.25) is 0 Å². The summed E-state index contributed by atoms with van der Waals surface area (Å²) in [6, 6.07) is 0. The molecule has 0 aromatic heterocycles. The molecule has 1 unspecified atom stereocenters. The summed E-state index contributed by atoms with van der Waals surface area (Å²) in [6.45, 7) is 0.886. The second-order valence-electron chi connectivity index (χ2n) is 3.41. The third kappa shape index (κ3) is 7.21. The molecular formula is C6H13FO10P2. The van der Waals surface area contributed by atoms with E-state index in [9.17, 15) is 23.4 Å². The molecule has 10 nitrogen and oxygen atoms in total. The molecule has 0 aliphatic carbocycles. The molecular weight excluding hydrogens is 313 g/mol. The quantitative estimate of drug-likeness (QED) is 0.271. The van der Waals surface area contributed by atoms with Crippen LogP contribution >= 0.6 is 15.6 Å². The van der Waals surface area contributed by atoms with Crippen molar-refractivity contribution >= 4 is 21.9 Å². The summed E-state index contributed by atoms with van der Waals surface area (Å²) >= 11 is 0. The van der Waals surface area contributed by atoms with Crippen molar-refractivity contribution in [2.75, 3.05) is 0 Å². The van der Waals surface area contributed by atoms with Crippen LogP contribution in [-0.2, 0) is 22.8 Å². The number of aliphatic hydroxyl groups excluding tert-OH is 2. The van der Waals surface area contributed by atoms with Gasteiger partial charge in [0.1, 0.15) is 12.2 Å². The first-order valence-corrected chi connectivity index (χ1v) is 7.66. The zero-order valence-electron chi connectivity index (χ0n) is 9.44. The number of halogens is 1. The summed E-state index contributed by atoms with van der Waals surface area (Å²) in [7, 11) is -10.6. The summed E-state index contributed by atoms with van der Waals surface area (Å²) < 4.78 is 41.6. The summed E-state index contributed by atoms with van der Waals surface area (Å²) in [4.78, 5) is 35.5. The highest BCUT2D eigenvalue weighted by Crippen LogP contribution is 2.58. The van der Waals surface area contributed by atoms with Gasteiger partial charge in [-0.1, -0.05) is 0 Å². The smallest absolute Gasteiger partial charge is 0.388 e. The van der Waals surface area contributed by atoms with Crippen molar-refractivity contribution < 1.29 is 52.0 Å². The van der Waals surface area contributed by atoms with Crippen molar-refractivity contribution in [2.24, 2.45) is 0 Å². The van der Waals surface area contributed by atoms with Gasteiger partial charge in [-0.05, 0) is 6.92 Å². The van der Waals surface area contributed by atoms with Gasteiger partial charge in [-0.3, -0.25) is 4.52 Å².